The first-order chi connectivity index (χ1) is 20.9. The Morgan fingerprint density at radius 2 is 1.65 bits per heavy atom. The number of aromatic nitrogens is 2. The molecule has 43 heavy (non-hydrogen) atoms. The lowest BCUT2D eigenvalue weighted by molar-refractivity contribution is -0.140. The Hall–Kier alpha value is -5.55. The Labute approximate surface area is 247 Å². The lowest BCUT2D eigenvalue weighted by Crippen LogP contribution is -2.44. The summed E-state index contributed by atoms with van der Waals surface area (Å²) in [6, 6.07) is 21.2. The molecule has 2 aliphatic heterocycles. The molecule has 1 amide bonds. The van der Waals surface area contributed by atoms with Crippen molar-refractivity contribution < 1.29 is 23.9 Å². The minimum atomic E-state index is -0.863. The normalized spacial score (nSPS) is 17.6. The van der Waals surface area contributed by atoms with Crippen LogP contribution in [0.2, 0.25) is 0 Å². The molecule has 0 bridgehead atoms. The molecule has 0 atom stereocenters. The van der Waals surface area contributed by atoms with Gasteiger partial charge in [0.1, 0.15) is 6.26 Å². The molecular formula is C32H28N6O5. The number of hydrogen-bond donors (Lipinski definition) is 2. The van der Waals surface area contributed by atoms with Gasteiger partial charge in [0.2, 0.25) is 11.7 Å². The third-order valence-corrected chi connectivity index (χ3v) is 7.11. The maximum Gasteiger partial charge on any atom is 0.336 e. The molecular weight excluding hydrogens is 548 g/mol. The summed E-state index contributed by atoms with van der Waals surface area (Å²) in [6.07, 6.45) is 4.37. The predicted molar refractivity (Wildman–Crippen MR) is 162 cm³/mol. The SMILES string of the molecule is CN1CCN(c2ccc(Nc3ncc4cccc(-c5cccc(NC(=O)/C6=C/OC(=O)/C=C\C(=O)O6)c5)c4n3)cc2)CC1. The van der Waals surface area contributed by atoms with Gasteiger partial charge in [-0.15, -0.1) is 0 Å². The van der Waals surface area contributed by atoms with Crippen LogP contribution in [0.25, 0.3) is 22.0 Å². The number of fused-ring (bicyclic) bond motifs is 1. The summed E-state index contributed by atoms with van der Waals surface area (Å²) in [7, 11) is 2.14. The van der Waals surface area contributed by atoms with Crippen LogP contribution in [0.3, 0.4) is 0 Å². The van der Waals surface area contributed by atoms with Crippen molar-refractivity contribution in [2.45, 2.75) is 0 Å². The summed E-state index contributed by atoms with van der Waals surface area (Å²) in [5.74, 6) is -2.40. The van der Waals surface area contributed by atoms with E-state index in [2.05, 4.69) is 44.6 Å². The summed E-state index contributed by atoms with van der Waals surface area (Å²) in [5, 5.41) is 6.84. The Balaban J connectivity index is 1.21. The van der Waals surface area contributed by atoms with Gasteiger partial charge in [-0.3, -0.25) is 4.79 Å². The topological polar surface area (TPSA) is 126 Å². The zero-order chi connectivity index (χ0) is 29.8. The highest BCUT2D eigenvalue weighted by atomic mass is 16.6. The number of benzene rings is 3. The number of cyclic esters (lactones) is 2. The van der Waals surface area contributed by atoms with Crippen molar-refractivity contribution in [3.8, 4) is 11.1 Å². The first kappa shape index (κ1) is 27.6. The number of nitrogens with one attached hydrogen (secondary N) is 2. The molecule has 216 valence electrons. The molecule has 0 radical (unpaired) electrons. The van der Waals surface area contributed by atoms with Crippen LogP contribution in [0.1, 0.15) is 0 Å². The number of para-hydroxylation sites is 1. The van der Waals surface area contributed by atoms with E-state index >= 15 is 0 Å². The third-order valence-electron chi connectivity index (χ3n) is 7.11. The summed E-state index contributed by atoms with van der Waals surface area (Å²) >= 11 is 0. The molecule has 0 aliphatic carbocycles. The van der Waals surface area contributed by atoms with Gasteiger partial charge in [0.25, 0.3) is 5.91 Å². The third kappa shape index (κ3) is 6.52. The molecule has 1 aromatic heterocycles. The second-order valence-corrected chi connectivity index (χ2v) is 10.1. The van der Waals surface area contributed by atoms with Gasteiger partial charge < -0.3 is 29.9 Å². The van der Waals surface area contributed by atoms with E-state index in [1.54, 1.807) is 24.4 Å². The average molecular weight is 577 g/mol. The fourth-order valence-corrected chi connectivity index (χ4v) is 4.81. The number of carbonyl (C=O) groups excluding carboxylic acids is 3. The molecule has 11 nitrogen and oxygen atoms in total. The van der Waals surface area contributed by atoms with Crippen molar-refractivity contribution in [1.29, 1.82) is 0 Å². The van der Waals surface area contributed by atoms with Crippen LogP contribution >= 0.6 is 0 Å². The van der Waals surface area contributed by atoms with Crippen LogP contribution in [-0.4, -0.2) is 65.9 Å². The van der Waals surface area contributed by atoms with E-state index in [1.807, 2.05) is 36.4 Å². The number of anilines is 4. The zero-order valence-corrected chi connectivity index (χ0v) is 23.3. The number of hydrogen-bond acceptors (Lipinski definition) is 10. The zero-order valence-electron chi connectivity index (χ0n) is 23.3. The van der Waals surface area contributed by atoms with Gasteiger partial charge in [0, 0.05) is 72.5 Å². The number of rotatable bonds is 6. The minimum Gasteiger partial charge on any atom is -0.427 e. The van der Waals surface area contributed by atoms with E-state index in [4.69, 9.17) is 14.5 Å². The van der Waals surface area contributed by atoms with Gasteiger partial charge >= 0.3 is 11.9 Å². The van der Waals surface area contributed by atoms with E-state index < -0.39 is 23.6 Å². The summed E-state index contributed by atoms with van der Waals surface area (Å²) in [5.41, 5.74) is 4.86. The first-order valence-electron chi connectivity index (χ1n) is 13.7. The van der Waals surface area contributed by atoms with Gasteiger partial charge in [-0.05, 0) is 49.0 Å². The molecule has 1 fully saturated rings. The van der Waals surface area contributed by atoms with Crippen LogP contribution in [0.5, 0.6) is 0 Å². The monoisotopic (exact) mass is 576 g/mol. The average Bonchev–Trinajstić information content (AvgIpc) is 3.02. The van der Waals surface area contributed by atoms with Gasteiger partial charge in [-0.2, -0.15) is 0 Å². The van der Waals surface area contributed by atoms with Crippen molar-refractivity contribution >= 4 is 51.8 Å². The largest absolute Gasteiger partial charge is 0.427 e. The van der Waals surface area contributed by atoms with E-state index in [1.165, 1.54) is 5.69 Å². The first-order valence-corrected chi connectivity index (χ1v) is 13.7. The van der Waals surface area contributed by atoms with Gasteiger partial charge in [-0.1, -0.05) is 30.3 Å². The maximum absolute atomic E-state index is 12.8. The number of amides is 1. The number of carbonyl (C=O) groups is 3. The Kier molecular flexibility index (Phi) is 7.79. The molecule has 3 aromatic carbocycles. The van der Waals surface area contributed by atoms with Crippen LogP contribution in [0.15, 0.2) is 97.1 Å². The summed E-state index contributed by atoms with van der Waals surface area (Å²) < 4.78 is 9.75. The van der Waals surface area contributed by atoms with Crippen molar-refractivity contribution in [2.24, 2.45) is 0 Å². The van der Waals surface area contributed by atoms with E-state index in [0.29, 0.717) is 11.6 Å². The second kappa shape index (κ2) is 12.1. The van der Waals surface area contributed by atoms with Crippen molar-refractivity contribution in [3.05, 3.63) is 97.1 Å². The van der Waals surface area contributed by atoms with Gasteiger partial charge in [-0.25, -0.2) is 19.6 Å². The summed E-state index contributed by atoms with van der Waals surface area (Å²) in [6.45, 7) is 4.10. The fourth-order valence-electron chi connectivity index (χ4n) is 4.81. The number of ether oxygens (including phenoxy) is 2. The molecule has 6 rings (SSSR count). The number of esters is 2. The molecule has 0 spiro atoms. The van der Waals surface area contributed by atoms with Crippen molar-refractivity contribution in [3.63, 3.8) is 0 Å². The quantitative estimate of drug-likeness (QED) is 0.322. The number of piperazine rings is 1. The minimum absolute atomic E-state index is 0.438. The Morgan fingerprint density at radius 1 is 0.884 bits per heavy atom. The molecule has 2 aliphatic rings. The molecule has 2 N–H and O–H groups in total. The highest BCUT2D eigenvalue weighted by molar-refractivity contribution is 6.05. The molecule has 4 aromatic rings. The lowest BCUT2D eigenvalue weighted by Gasteiger charge is -2.34. The number of likely N-dealkylation sites (N-methyl/N-ethyl adjacent to an activating group) is 1. The molecule has 3 heterocycles. The van der Waals surface area contributed by atoms with Crippen LogP contribution < -0.4 is 15.5 Å². The highest BCUT2D eigenvalue weighted by Gasteiger charge is 2.19. The molecule has 0 unspecified atom stereocenters. The van der Waals surface area contributed by atoms with E-state index in [9.17, 15) is 14.4 Å². The number of nitrogens with zero attached hydrogens (tertiary/aromatic N) is 4. The predicted octanol–water partition coefficient (Wildman–Crippen LogP) is 4.23. The Morgan fingerprint density at radius 3 is 2.47 bits per heavy atom. The molecule has 11 heteroatoms. The summed E-state index contributed by atoms with van der Waals surface area (Å²) in [4.78, 5) is 50.1. The Bertz CT molecular complexity index is 1760. The smallest absolute Gasteiger partial charge is 0.336 e. The van der Waals surface area contributed by atoms with Crippen LogP contribution in [0.4, 0.5) is 23.0 Å². The van der Waals surface area contributed by atoms with Gasteiger partial charge in [0.15, 0.2) is 0 Å². The van der Waals surface area contributed by atoms with E-state index in [0.717, 1.165) is 72.3 Å². The fraction of sp³-hybridized carbons (Fsp3) is 0.156. The highest BCUT2D eigenvalue weighted by Crippen LogP contribution is 2.30. The van der Waals surface area contributed by atoms with E-state index in [-0.39, 0.29) is 0 Å². The van der Waals surface area contributed by atoms with Crippen molar-refractivity contribution in [2.75, 3.05) is 48.8 Å². The van der Waals surface area contributed by atoms with Crippen LogP contribution in [0, 0.1) is 0 Å². The molecule has 0 saturated carbocycles. The lowest BCUT2D eigenvalue weighted by atomic mass is 10.0. The van der Waals surface area contributed by atoms with Gasteiger partial charge in [0.05, 0.1) is 5.52 Å². The maximum atomic E-state index is 12.8. The molecule has 1 saturated heterocycles. The van der Waals surface area contributed by atoms with Crippen LogP contribution in [-0.2, 0) is 23.9 Å². The van der Waals surface area contributed by atoms with Crippen molar-refractivity contribution in [1.82, 2.24) is 14.9 Å². The standard InChI is InChI=1S/C32H28N6O5/c1-37-14-16-38(17-15-37)25-10-8-23(9-11-25)35-32-33-19-22-5-3-7-26(30(22)36-32)21-4-2-6-24(18-21)34-31(41)27-20-42-28(39)12-13-29(40)43-27/h2-13,18-20H,14-17H2,1H3,(H,34,41)(H,33,35,36)/b13-12-,27-20-. The second-order valence-electron chi connectivity index (χ2n) is 10.1.